The van der Waals surface area contributed by atoms with Crippen molar-refractivity contribution in [3.63, 3.8) is 0 Å². The van der Waals surface area contributed by atoms with Gasteiger partial charge in [-0.15, -0.1) is 22.7 Å². The van der Waals surface area contributed by atoms with Gasteiger partial charge >= 0.3 is 0 Å². The molecule has 17 rings (SSSR count). The fourth-order valence-electron chi connectivity index (χ4n) is 14.4. The maximum atomic E-state index is 2.51. The topological polar surface area (TPSA) is 6.48 Å². The van der Waals surface area contributed by atoms with Crippen molar-refractivity contribution in [2.75, 3.05) is 9.80 Å². The van der Waals surface area contributed by atoms with Gasteiger partial charge in [0.1, 0.15) is 0 Å². The van der Waals surface area contributed by atoms with Crippen LogP contribution in [0.25, 0.3) is 96.7 Å². The zero-order valence-corrected chi connectivity index (χ0v) is 52.5. The highest BCUT2D eigenvalue weighted by molar-refractivity contribution is 7.23. The number of hydrogen-bond donors (Lipinski definition) is 0. The van der Waals surface area contributed by atoms with Crippen LogP contribution in [0, 0.1) is 0 Å². The average molecular weight is 1220 g/mol. The van der Waals surface area contributed by atoms with Gasteiger partial charge in [-0.3, -0.25) is 0 Å². The SMILES string of the molecule is c1ccc(-c2cccc(N(c3ccc4c(c3)C(c3ccccc3)(c3ccccc3)c3cc(N(c5cccc(-c6ccccc6)c5)c5ccc6c(-c7ccccc7)c(-c7ccccc7)sc6c5)ccc3-4)c3ccc4c(-c5ccccc5)c(-c5ccccc5)sc4c3)c2)cc1. The predicted molar refractivity (Wildman–Crippen MR) is 396 cm³/mol. The summed E-state index contributed by atoms with van der Waals surface area (Å²) in [4.78, 5) is 7.50. The van der Waals surface area contributed by atoms with Crippen molar-refractivity contribution >= 4 is 77.0 Å². The van der Waals surface area contributed by atoms with Crippen LogP contribution in [0.2, 0.25) is 0 Å². The number of anilines is 6. The van der Waals surface area contributed by atoms with Gasteiger partial charge in [0, 0.05) is 75.2 Å². The molecule has 0 aliphatic heterocycles. The molecule has 1 aliphatic carbocycles. The van der Waals surface area contributed by atoms with Gasteiger partial charge in [0.05, 0.1) is 5.41 Å². The Morgan fingerprint density at radius 2 is 0.505 bits per heavy atom. The van der Waals surface area contributed by atoms with Gasteiger partial charge in [0.25, 0.3) is 0 Å². The Bertz CT molecular complexity index is 5020. The van der Waals surface area contributed by atoms with Crippen LogP contribution < -0.4 is 9.80 Å². The number of fused-ring (bicyclic) bond motifs is 5. The summed E-state index contributed by atoms with van der Waals surface area (Å²) < 4.78 is 2.45. The zero-order valence-electron chi connectivity index (χ0n) is 50.9. The third-order valence-corrected chi connectivity index (χ3v) is 20.9. The van der Waals surface area contributed by atoms with Crippen LogP contribution in [-0.4, -0.2) is 0 Å². The van der Waals surface area contributed by atoms with E-state index in [9.17, 15) is 0 Å². The van der Waals surface area contributed by atoms with E-state index in [0.29, 0.717) is 0 Å². The van der Waals surface area contributed by atoms with Crippen molar-refractivity contribution < 1.29 is 0 Å². The maximum absolute atomic E-state index is 2.51. The first-order valence-corrected chi connectivity index (χ1v) is 33.4. The predicted octanol–water partition coefficient (Wildman–Crippen LogP) is 25.4. The molecular weight excluding hydrogens is 1160 g/mol. The molecule has 0 bridgehead atoms. The minimum Gasteiger partial charge on any atom is -0.310 e. The number of hydrogen-bond acceptors (Lipinski definition) is 4. The fraction of sp³-hybridized carbons (Fsp3) is 0.0112. The van der Waals surface area contributed by atoms with Crippen molar-refractivity contribution in [1.82, 2.24) is 0 Å². The molecule has 0 atom stereocenters. The molecule has 16 aromatic rings. The molecule has 93 heavy (non-hydrogen) atoms. The van der Waals surface area contributed by atoms with E-state index in [4.69, 9.17) is 0 Å². The Morgan fingerprint density at radius 3 is 0.871 bits per heavy atom. The van der Waals surface area contributed by atoms with Crippen LogP contribution in [-0.2, 0) is 5.41 Å². The summed E-state index contributed by atoms with van der Waals surface area (Å²) >= 11 is 3.74. The lowest BCUT2D eigenvalue weighted by Gasteiger charge is -2.35. The summed E-state index contributed by atoms with van der Waals surface area (Å²) in [5.41, 5.74) is 25.0. The Balaban J connectivity index is 0.885. The molecular formula is C89H60N2S2. The standard InChI is InChI=1S/C89H60N2S2/c1-9-27-61(28-10-1)67-39-25-45-71(55-67)90(75-49-53-79-83(59-75)92-87(65-35-17-5-18-36-65)85(79)63-31-13-3-14-32-63)73-47-51-77-78-52-48-74(58-82(78)89(81(77)57-73,69-41-21-7-22-42-69)70-43-23-8-24-44-70)91(72-46-26-40-68(56-72)62-29-11-2-12-30-62)76-50-54-80-84(60-76)93-88(66-37-19-6-20-38-66)86(80)64-33-15-4-16-34-64/h1-60H. The Labute approximate surface area is 551 Å². The Kier molecular flexibility index (Phi) is 14.2. The highest BCUT2D eigenvalue weighted by Crippen LogP contribution is 2.59. The van der Waals surface area contributed by atoms with Gasteiger partial charge in [-0.05, 0) is 151 Å². The molecule has 0 saturated heterocycles. The smallest absolute Gasteiger partial charge is 0.0715 e. The number of rotatable bonds is 14. The summed E-state index contributed by atoms with van der Waals surface area (Å²) in [5.74, 6) is 0. The lowest BCUT2D eigenvalue weighted by molar-refractivity contribution is 0.768. The summed E-state index contributed by atoms with van der Waals surface area (Å²) in [7, 11) is 0. The molecule has 438 valence electrons. The zero-order chi connectivity index (χ0) is 61.7. The highest BCUT2D eigenvalue weighted by atomic mass is 32.1. The second kappa shape index (κ2) is 23.8. The van der Waals surface area contributed by atoms with Crippen LogP contribution in [0.5, 0.6) is 0 Å². The molecule has 2 aromatic heterocycles. The Morgan fingerprint density at radius 1 is 0.215 bits per heavy atom. The fourth-order valence-corrected chi connectivity index (χ4v) is 16.9. The summed E-state index contributed by atoms with van der Waals surface area (Å²) in [6.45, 7) is 0. The number of benzene rings is 14. The second-order valence-corrected chi connectivity index (χ2v) is 26.0. The van der Waals surface area contributed by atoms with E-state index in [0.717, 1.165) is 45.3 Å². The molecule has 4 heteroatoms. The quantitative estimate of drug-likeness (QED) is 0.107. The van der Waals surface area contributed by atoms with E-state index < -0.39 is 5.41 Å². The normalized spacial score (nSPS) is 12.2. The van der Waals surface area contributed by atoms with Crippen LogP contribution in [0.4, 0.5) is 34.1 Å². The molecule has 0 spiro atoms. The summed E-state index contributed by atoms with van der Waals surface area (Å²) in [6, 6.07) is 134. The highest BCUT2D eigenvalue weighted by Gasteiger charge is 2.47. The molecule has 0 saturated carbocycles. The first kappa shape index (κ1) is 55.6. The van der Waals surface area contributed by atoms with Crippen molar-refractivity contribution in [3.8, 4) is 76.5 Å². The van der Waals surface area contributed by atoms with E-state index in [1.807, 2.05) is 22.7 Å². The van der Waals surface area contributed by atoms with Crippen LogP contribution in [0.3, 0.4) is 0 Å². The molecule has 0 radical (unpaired) electrons. The first-order chi connectivity index (χ1) is 46.1. The Hall–Kier alpha value is -11.4. The van der Waals surface area contributed by atoms with Crippen LogP contribution in [0.1, 0.15) is 22.3 Å². The molecule has 2 heterocycles. The third-order valence-electron chi connectivity index (χ3n) is 18.5. The maximum Gasteiger partial charge on any atom is 0.0715 e. The van der Waals surface area contributed by atoms with Gasteiger partial charge in [0.2, 0.25) is 0 Å². The second-order valence-electron chi connectivity index (χ2n) is 23.9. The van der Waals surface area contributed by atoms with Gasteiger partial charge in [-0.1, -0.05) is 291 Å². The van der Waals surface area contributed by atoms with E-state index in [2.05, 4.69) is 374 Å². The lowest BCUT2D eigenvalue weighted by Crippen LogP contribution is -2.29. The van der Waals surface area contributed by atoms with E-state index in [1.165, 1.54) is 108 Å². The van der Waals surface area contributed by atoms with Crippen molar-refractivity contribution in [3.05, 3.63) is 386 Å². The van der Waals surface area contributed by atoms with E-state index >= 15 is 0 Å². The largest absolute Gasteiger partial charge is 0.310 e. The number of nitrogens with zero attached hydrogens (tertiary/aromatic N) is 2. The van der Waals surface area contributed by atoms with Gasteiger partial charge in [-0.2, -0.15) is 0 Å². The van der Waals surface area contributed by atoms with Crippen LogP contribution in [0.15, 0.2) is 364 Å². The molecule has 0 amide bonds. The average Bonchev–Trinajstić information content (AvgIpc) is 1.55. The van der Waals surface area contributed by atoms with Crippen molar-refractivity contribution in [2.45, 2.75) is 5.41 Å². The van der Waals surface area contributed by atoms with Gasteiger partial charge < -0.3 is 9.80 Å². The molecule has 0 fully saturated rings. The van der Waals surface area contributed by atoms with Crippen molar-refractivity contribution in [2.24, 2.45) is 0 Å². The summed E-state index contributed by atoms with van der Waals surface area (Å²) in [6.07, 6.45) is 0. The van der Waals surface area contributed by atoms with E-state index in [1.54, 1.807) is 0 Å². The van der Waals surface area contributed by atoms with Gasteiger partial charge in [0.15, 0.2) is 0 Å². The monoisotopic (exact) mass is 1220 g/mol. The molecule has 0 unspecified atom stereocenters. The minimum absolute atomic E-state index is 0.756. The molecule has 1 aliphatic rings. The molecule has 2 nitrogen and oxygen atoms in total. The summed E-state index contributed by atoms with van der Waals surface area (Å²) in [5, 5.41) is 2.48. The third kappa shape index (κ3) is 9.87. The van der Waals surface area contributed by atoms with E-state index in [-0.39, 0.29) is 0 Å². The lowest BCUT2D eigenvalue weighted by atomic mass is 9.67. The molecule has 14 aromatic carbocycles. The van der Waals surface area contributed by atoms with Crippen LogP contribution >= 0.6 is 22.7 Å². The van der Waals surface area contributed by atoms with Crippen molar-refractivity contribution in [1.29, 1.82) is 0 Å². The number of thiophene rings is 2. The molecule has 0 N–H and O–H groups in total. The van der Waals surface area contributed by atoms with Gasteiger partial charge in [-0.25, -0.2) is 0 Å². The minimum atomic E-state index is -0.756. The first-order valence-electron chi connectivity index (χ1n) is 31.8.